The molecule has 2 rings (SSSR count). The van der Waals surface area contributed by atoms with Gasteiger partial charge in [0.25, 0.3) is 0 Å². The summed E-state index contributed by atoms with van der Waals surface area (Å²) in [6.45, 7) is 12.3. The number of nitrogens with zero attached hydrogens (tertiary/aromatic N) is 2. The molecule has 2 aliphatic rings. The largest absolute Gasteiger partial charge is 0.364 e. The maximum absolute atomic E-state index is 4.84. The minimum absolute atomic E-state index is 0.538. The summed E-state index contributed by atoms with van der Waals surface area (Å²) < 4.78 is 0. The lowest BCUT2D eigenvalue weighted by Gasteiger charge is -2.38. The van der Waals surface area contributed by atoms with Gasteiger partial charge in [-0.05, 0) is 46.0 Å². The van der Waals surface area contributed by atoms with Crippen LogP contribution < -0.4 is 5.32 Å². The van der Waals surface area contributed by atoms with Crippen molar-refractivity contribution >= 4 is 16.9 Å². The molecule has 0 amide bonds. The molecule has 0 aromatic carbocycles. The molecule has 1 aliphatic heterocycles. The SMILES string of the molecule is CC(C)N(CCNC1=NCC2(CCCCC2)CS1)C(C)C. The Kier molecular flexibility index (Phi) is 6.42. The smallest absolute Gasteiger partial charge is 0.156 e. The first-order valence-corrected chi connectivity index (χ1v) is 9.68. The van der Waals surface area contributed by atoms with Crippen LogP contribution in [-0.4, -0.2) is 47.5 Å². The molecule has 1 heterocycles. The number of amidine groups is 1. The van der Waals surface area contributed by atoms with Crippen molar-refractivity contribution in [3.8, 4) is 0 Å². The van der Waals surface area contributed by atoms with Crippen molar-refractivity contribution in [2.75, 3.05) is 25.4 Å². The molecule has 0 aromatic heterocycles. The zero-order valence-electron chi connectivity index (χ0n) is 14.3. The van der Waals surface area contributed by atoms with Gasteiger partial charge < -0.3 is 5.32 Å². The topological polar surface area (TPSA) is 27.6 Å². The van der Waals surface area contributed by atoms with Crippen molar-refractivity contribution in [1.29, 1.82) is 0 Å². The van der Waals surface area contributed by atoms with E-state index in [-0.39, 0.29) is 0 Å². The molecule has 4 heteroatoms. The van der Waals surface area contributed by atoms with Crippen LogP contribution in [0.25, 0.3) is 0 Å². The minimum Gasteiger partial charge on any atom is -0.364 e. The summed E-state index contributed by atoms with van der Waals surface area (Å²) in [6.07, 6.45) is 7.05. The van der Waals surface area contributed by atoms with Gasteiger partial charge in [-0.3, -0.25) is 9.89 Å². The highest BCUT2D eigenvalue weighted by atomic mass is 32.2. The highest BCUT2D eigenvalue weighted by molar-refractivity contribution is 8.13. The van der Waals surface area contributed by atoms with Crippen LogP contribution in [0.2, 0.25) is 0 Å². The Morgan fingerprint density at radius 1 is 1.14 bits per heavy atom. The lowest BCUT2D eigenvalue weighted by atomic mass is 9.75. The van der Waals surface area contributed by atoms with Gasteiger partial charge in [-0.15, -0.1) is 0 Å². The molecule has 1 saturated carbocycles. The summed E-state index contributed by atoms with van der Waals surface area (Å²) in [5, 5.41) is 4.73. The lowest BCUT2D eigenvalue weighted by molar-refractivity contribution is 0.178. The standard InChI is InChI=1S/C17H33N3S/c1-14(2)20(15(3)4)11-10-18-16-19-12-17(13-21-16)8-6-5-7-9-17/h14-15H,5-13H2,1-4H3,(H,18,19). The van der Waals surface area contributed by atoms with Gasteiger partial charge in [-0.25, -0.2) is 0 Å². The first-order chi connectivity index (χ1) is 10.0. The van der Waals surface area contributed by atoms with Crippen LogP contribution in [0.5, 0.6) is 0 Å². The van der Waals surface area contributed by atoms with Crippen LogP contribution in [0.15, 0.2) is 4.99 Å². The Labute approximate surface area is 135 Å². The van der Waals surface area contributed by atoms with Gasteiger partial charge >= 0.3 is 0 Å². The number of rotatable bonds is 5. The van der Waals surface area contributed by atoms with Gasteiger partial charge in [-0.1, -0.05) is 31.0 Å². The van der Waals surface area contributed by atoms with Crippen molar-refractivity contribution < 1.29 is 0 Å². The quantitative estimate of drug-likeness (QED) is 0.838. The summed E-state index contributed by atoms with van der Waals surface area (Å²) in [4.78, 5) is 7.37. The maximum atomic E-state index is 4.84. The van der Waals surface area contributed by atoms with Crippen molar-refractivity contribution in [3.05, 3.63) is 0 Å². The van der Waals surface area contributed by atoms with E-state index in [0.29, 0.717) is 17.5 Å². The third-order valence-electron chi connectivity index (χ3n) is 4.96. The third kappa shape index (κ3) is 4.88. The van der Waals surface area contributed by atoms with E-state index in [0.717, 1.165) is 19.6 Å². The molecule has 1 fully saturated rings. The lowest BCUT2D eigenvalue weighted by Crippen LogP contribution is -2.43. The van der Waals surface area contributed by atoms with E-state index >= 15 is 0 Å². The van der Waals surface area contributed by atoms with Crippen molar-refractivity contribution in [2.24, 2.45) is 10.4 Å². The van der Waals surface area contributed by atoms with E-state index in [2.05, 4.69) is 37.9 Å². The molecule has 1 N–H and O–H groups in total. The van der Waals surface area contributed by atoms with Gasteiger partial charge in [0, 0.05) is 37.5 Å². The predicted molar refractivity (Wildman–Crippen MR) is 95.3 cm³/mol. The molecule has 0 aromatic rings. The molecule has 0 atom stereocenters. The maximum Gasteiger partial charge on any atom is 0.156 e. The number of nitrogens with one attached hydrogen (secondary N) is 1. The van der Waals surface area contributed by atoms with Gasteiger partial charge in [-0.2, -0.15) is 0 Å². The van der Waals surface area contributed by atoms with Crippen LogP contribution in [0.4, 0.5) is 0 Å². The van der Waals surface area contributed by atoms with E-state index in [1.165, 1.54) is 43.0 Å². The highest BCUT2D eigenvalue weighted by Crippen LogP contribution is 2.41. The molecule has 0 unspecified atom stereocenters. The Morgan fingerprint density at radius 2 is 1.81 bits per heavy atom. The first-order valence-electron chi connectivity index (χ1n) is 8.69. The van der Waals surface area contributed by atoms with E-state index in [4.69, 9.17) is 4.99 Å². The average molecular weight is 312 g/mol. The molecule has 1 spiro atoms. The molecular weight excluding hydrogens is 278 g/mol. The number of hydrogen-bond acceptors (Lipinski definition) is 4. The first kappa shape index (κ1) is 17.1. The van der Waals surface area contributed by atoms with Gasteiger partial charge in [0.15, 0.2) is 5.17 Å². The van der Waals surface area contributed by atoms with E-state index < -0.39 is 0 Å². The Morgan fingerprint density at radius 3 is 2.33 bits per heavy atom. The normalized spacial score (nSPS) is 22.1. The molecular formula is C17H33N3S. The predicted octanol–water partition coefficient (Wildman–Crippen LogP) is 3.75. The van der Waals surface area contributed by atoms with Crippen LogP contribution >= 0.6 is 11.8 Å². The molecule has 21 heavy (non-hydrogen) atoms. The Bertz CT molecular complexity index is 338. The second kappa shape index (κ2) is 7.87. The molecule has 122 valence electrons. The van der Waals surface area contributed by atoms with Crippen LogP contribution in [0.3, 0.4) is 0 Å². The summed E-state index contributed by atoms with van der Waals surface area (Å²) in [7, 11) is 0. The second-order valence-corrected chi connectivity index (χ2v) is 8.29. The Balaban J connectivity index is 1.74. The molecule has 1 aliphatic carbocycles. The summed E-state index contributed by atoms with van der Waals surface area (Å²) >= 11 is 1.96. The molecule has 0 bridgehead atoms. The molecule has 0 radical (unpaired) electrons. The number of hydrogen-bond donors (Lipinski definition) is 1. The van der Waals surface area contributed by atoms with Crippen LogP contribution in [0, 0.1) is 5.41 Å². The minimum atomic E-state index is 0.538. The fraction of sp³-hybridized carbons (Fsp3) is 0.941. The molecule has 0 saturated heterocycles. The summed E-state index contributed by atoms with van der Waals surface area (Å²) in [5.74, 6) is 1.27. The fourth-order valence-corrected chi connectivity index (χ4v) is 4.85. The third-order valence-corrected chi connectivity index (χ3v) is 6.26. The van der Waals surface area contributed by atoms with Crippen LogP contribution in [-0.2, 0) is 0 Å². The number of aliphatic imine (C=N–C) groups is 1. The van der Waals surface area contributed by atoms with Crippen LogP contribution in [0.1, 0.15) is 59.8 Å². The monoisotopic (exact) mass is 311 g/mol. The highest BCUT2D eigenvalue weighted by Gasteiger charge is 2.34. The van der Waals surface area contributed by atoms with Gasteiger partial charge in [0.05, 0.1) is 0 Å². The average Bonchev–Trinajstić information content (AvgIpc) is 2.46. The van der Waals surface area contributed by atoms with Gasteiger partial charge in [0.2, 0.25) is 0 Å². The van der Waals surface area contributed by atoms with Gasteiger partial charge in [0.1, 0.15) is 0 Å². The fourth-order valence-electron chi connectivity index (χ4n) is 3.67. The van der Waals surface area contributed by atoms with Crippen molar-refractivity contribution in [3.63, 3.8) is 0 Å². The summed E-state index contributed by atoms with van der Waals surface area (Å²) in [5.41, 5.74) is 0.538. The van der Waals surface area contributed by atoms with Crippen molar-refractivity contribution in [1.82, 2.24) is 10.2 Å². The zero-order chi connectivity index (χ0) is 15.3. The Hall–Kier alpha value is -0.220. The van der Waals surface area contributed by atoms with E-state index in [1.54, 1.807) is 0 Å². The van der Waals surface area contributed by atoms with E-state index in [1.807, 2.05) is 11.8 Å². The van der Waals surface area contributed by atoms with Crippen molar-refractivity contribution in [2.45, 2.75) is 71.9 Å². The zero-order valence-corrected chi connectivity index (χ0v) is 15.1. The molecule has 3 nitrogen and oxygen atoms in total. The second-order valence-electron chi connectivity index (χ2n) is 7.32. The summed E-state index contributed by atoms with van der Waals surface area (Å²) in [6, 6.07) is 1.22. The number of thioether (sulfide) groups is 1. The van der Waals surface area contributed by atoms with E-state index in [9.17, 15) is 0 Å².